The lowest BCUT2D eigenvalue weighted by Crippen LogP contribution is -1.72. The van der Waals surface area contributed by atoms with Crippen molar-refractivity contribution in [1.29, 1.82) is 0 Å². The summed E-state index contributed by atoms with van der Waals surface area (Å²) in [6.45, 7) is 0. The van der Waals surface area contributed by atoms with E-state index in [1.54, 1.807) is 17.8 Å². The van der Waals surface area contributed by atoms with Crippen molar-refractivity contribution >= 4 is 45.8 Å². The lowest BCUT2D eigenvalue weighted by molar-refractivity contribution is 0.641. The zero-order valence-electron chi connectivity index (χ0n) is 6.87. The normalized spacial score (nSPS) is 11.0. The first kappa shape index (κ1) is 9.37. The number of thioether (sulfide) groups is 1. The summed E-state index contributed by atoms with van der Waals surface area (Å²) in [5, 5.41) is 0.975. The van der Waals surface area contributed by atoms with E-state index in [1.807, 2.05) is 12.3 Å². The SMILES string of the molecule is CSc1c(S)sc2c(F)cccc12. The second-order valence-electron chi connectivity index (χ2n) is 2.56. The molecule has 0 spiro atoms. The third-order valence-electron chi connectivity index (χ3n) is 1.81. The van der Waals surface area contributed by atoms with Crippen LogP contribution in [0.25, 0.3) is 10.1 Å². The van der Waals surface area contributed by atoms with Crippen LogP contribution in [0.4, 0.5) is 4.39 Å². The van der Waals surface area contributed by atoms with Crippen molar-refractivity contribution in [2.45, 2.75) is 9.10 Å². The second-order valence-corrected chi connectivity index (χ2v) is 5.14. The summed E-state index contributed by atoms with van der Waals surface area (Å²) in [6.07, 6.45) is 1.98. The van der Waals surface area contributed by atoms with Gasteiger partial charge in [0.15, 0.2) is 0 Å². The van der Waals surface area contributed by atoms with Crippen LogP contribution in [0.1, 0.15) is 0 Å². The van der Waals surface area contributed by atoms with Crippen LogP contribution in [0.15, 0.2) is 27.3 Å². The fraction of sp³-hybridized carbons (Fsp3) is 0.111. The summed E-state index contributed by atoms with van der Waals surface area (Å²) in [6, 6.07) is 5.15. The molecule has 0 unspecified atom stereocenters. The minimum atomic E-state index is -0.155. The molecule has 2 rings (SSSR count). The Morgan fingerprint density at radius 1 is 1.46 bits per heavy atom. The van der Waals surface area contributed by atoms with Gasteiger partial charge in [-0.3, -0.25) is 0 Å². The molecule has 1 aromatic carbocycles. The Bertz CT molecular complexity index is 447. The molecule has 0 nitrogen and oxygen atoms in total. The Balaban J connectivity index is 2.86. The summed E-state index contributed by atoms with van der Waals surface area (Å²) in [7, 11) is 0. The number of hydrogen-bond donors (Lipinski definition) is 1. The van der Waals surface area contributed by atoms with Crippen molar-refractivity contribution in [3.8, 4) is 0 Å². The molecule has 0 saturated heterocycles. The maximum Gasteiger partial charge on any atom is 0.141 e. The minimum Gasteiger partial charge on any atom is -0.205 e. The number of halogens is 1. The van der Waals surface area contributed by atoms with E-state index < -0.39 is 0 Å². The molecule has 68 valence electrons. The van der Waals surface area contributed by atoms with Gasteiger partial charge in [-0.2, -0.15) is 0 Å². The molecule has 0 saturated carbocycles. The lowest BCUT2D eigenvalue weighted by Gasteiger charge is -1.94. The fourth-order valence-corrected chi connectivity index (χ4v) is 3.76. The number of rotatable bonds is 1. The summed E-state index contributed by atoms with van der Waals surface area (Å²) in [5.74, 6) is -0.155. The molecule has 0 fully saturated rings. The van der Waals surface area contributed by atoms with Crippen molar-refractivity contribution in [2.75, 3.05) is 6.26 Å². The van der Waals surface area contributed by atoms with Gasteiger partial charge in [-0.25, -0.2) is 4.39 Å². The molecular formula is C9H7FS3. The van der Waals surface area contributed by atoms with Gasteiger partial charge in [0.25, 0.3) is 0 Å². The molecule has 0 radical (unpaired) electrons. The predicted molar refractivity (Wildman–Crippen MR) is 60.8 cm³/mol. The molecule has 1 aromatic heterocycles. The molecule has 0 aliphatic heterocycles. The molecule has 0 N–H and O–H groups in total. The number of thiophene rings is 1. The van der Waals surface area contributed by atoms with E-state index in [-0.39, 0.29) is 5.82 Å². The number of benzene rings is 1. The molecule has 0 amide bonds. The summed E-state index contributed by atoms with van der Waals surface area (Å²) >= 11 is 7.32. The summed E-state index contributed by atoms with van der Waals surface area (Å²) in [5.41, 5.74) is 0. The number of hydrogen-bond acceptors (Lipinski definition) is 3. The molecule has 4 heteroatoms. The standard InChI is InChI=1S/C9H7FS3/c1-12-8-5-3-2-4-6(10)7(5)13-9(8)11/h2-4,11H,1H3. The van der Waals surface area contributed by atoms with Crippen molar-refractivity contribution in [3.05, 3.63) is 24.0 Å². The van der Waals surface area contributed by atoms with Crippen molar-refractivity contribution in [1.82, 2.24) is 0 Å². The molecule has 0 atom stereocenters. The molecule has 0 aliphatic carbocycles. The first-order valence-corrected chi connectivity index (χ1v) is 6.17. The van der Waals surface area contributed by atoms with Gasteiger partial charge >= 0.3 is 0 Å². The van der Waals surface area contributed by atoms with Crippen LogP contribution in [0.3, 0.4) is 0 Å². The highest BCUT2D eigenvalue weighted by atomic mass is 32.2. The van der Waals surface area contributed by atoms with Gasteiger partial charge in [-0.05, 0) is 12.3 Å². The first-order valence-electron chi connectivity index (χ1n) is 3.68. The van der Waals surface area contributed by atoms with Gasteiger partial charge in [-0.15, -0.1) is 35.7 Å². The fourth-order valence-electron chi connectivity index (χ4n) is 1.25. The topological polar surface area (TPSA) is 0 Å². The third kappa shape index (κ3) is 1.47. The average molecular weight is 230 g/mol. The van der Waals surface area contributed by atoms with Gasteiger partial charge in [0, 0.05) is 10.3 Å². The molecule has 2 aromatic rings. The maximum atomic E-state index is 13.3. The number of fused-ring (bicyclic) bond motifs is 1. The maximum absolute atomic E-state index is 13.3. The third-order valence-corrected chi connectivity index (χ3v) is 4.44. The van der Waals surface area contributed by atoms with E-state index in [9.17, 15) is 4.39 Å². The predicted octanol–water partition coefficient (Wildman–Crippen LogP) is 4.05. The Morgan fingerprint density at radius 2 is 2.23 bits per heavy atom. The average Bonchev–Trinajstić information content (AvgIpc) is 2.43. The second kappa shape index (κ2) is 3.52. The monoisotopic (exact) mass is 230 g/mol. The summed E-state index contributed by atoms with van der Waals surface area (Å²) in [4.78, 5) is 1.07. The molecule has 0 bridgehead atoms. The molecule has 0 aliphatic rings. The van der Waals surface area contributed by atoms with Gasteiger partial charge in [0.1, 0.15) is 5.82 Å². The van der Waals surface area contributed by atoms with Crippen LogP contribution in [0.5, 0.6) is 0 Å². The van der Waals surface area contributed by atoms with Gasteiger partial charge < -0.3 is 0 Å². The highest BCUT2D eigenvalue weighted by Crippen LogP contribution is 2.40. The Hall–Kier alpha value is -0.190. The Kier molecular flexibility index (Phi) is 2.53. The first-order chi connectivity index (χ1) is 6.24. The van der Waals surface area contributed by atoms with Crippen LogP contribution in [0.2, 0.25) is 0 Å². The van der Waals surface area contributed by atoms with E-state index in [0.29, 0.717) is 4.70 Å². The van der Waals surface area contributed by atoms with Crippen LogP contribution in [0, 0.1) is 5.82 Å². The van der Waals surface area contributed by atoms with Crippen molar-refractivity contribution < 1.29 is 4.39 Å². The lowest BCUT2D eigenvalue weighted by atomic mass is 10.2. The Labute approximate surface area is 89.6 Å². The highest BCUT2D eigenvalue weighted by molar-refractivity contribution is 7.99. The van der Waals surface area contributed by atoms with E-state index in [0.717, 1.165) is 14.5 Å². The molecular weight excluding hydrogens is 223 g/mol. The smallest absolute Gasteiger partial charge is 0.141 e. The minimum absolute atomic E-state index is 0.155. The van der Waals surface area contributed by atoms with Crippen LogP contribution in [-0.2, 0) is 0 Å². The summed E-state index contributed by atoms with van der Waals surface area (Å²) < 4.78 is 14.9. The number of thiol groups is 1. The van der Waals surface area contributed by atoms with Gasteiger partial charge in [-0.1, -0.05) is 12.1 Å². The van der Waals surface area contributed by atoms with Crippen molar-refractivity contribution in [2.24, 2.45) is 0 Å². The molecule has 13 heavy (non-hydrogen) atoms. The highest BCUT2D eigenvalue weighted by Gasteiger charge is 2.10. The molecule has 1 heterocycles. The largest absolute Gasteiger partial charge is 0.205 e. The Morgan fingerprint density at radius 3 is 2.92 bits per heavy atom. The van der Waals surface area contributed by atoms with E-state index in [1.165, 1.54) is 17.4 Å². The van der Waals surface area contributed by atoms with E-state index in [4.69, 9.17) is 0 Å². The zero-order valence-corrected chi connectivity index (χ0v) is 9.40. The van der Waals surface area contributed by atoms with Crippen LogP contribution >= 0.6 is 35.7 Å². The van der Waals surface area contributed by atoms with Gasteiger partial charge in [0.05, 0.1) is 8.91 Å². The van der Waals surface area contributed by atoms with E-state index >= 15 is 0 Å². The van der Waals surface area contributed by atoms with Crippen molar-refractivity contribution in [3.63, 3.8) is 0 Å². The van der Waals surface area contributed by atoms with Gasteiger partial charge in [0.2, 0.25) is 0 Å². The van der Waals surface area contributed by atoms with E-state index in [2.05, 4.69) is 12.6 Å². The quantitative estimate of drug-likeness (QED) is 0.569. The zero-order chi connectivity index (χ0) is 9.42. The van der Waals surface area contributed by atoms with Crippen LogP contribution < -0.4 is 0 Å². The van der Waals surface area contributed by atoms with Crippen LogP contribution in [-0.4, -0.2) is 6.26 Å².